The fourth-order valence-corrected chi connectivity index (χ4v) is 8.92. The third kappa shape index (κ3) is 4.93. The van der Waals surface area contributed by atoms with Gasteiger partial charge < -0.3 is 9.47 Å². The standard InChI is InChI=1S/C48H32N2S/c1-4-14-33(15-5-1)34-24-27-38(28-25-34)49(36-16-6-2-7-17-36)45-31-29-39(48-47(45)41-21-11-13-23-46(41)51-48)35-26-30-44-42(32-35)40-20-10-12-22-43(40)50(44)37-18-8-3-9-19-37/h1-32H. The summed E-state index contributed by atoms with van der Waals surface area (Å²) in [5.41, 5.74) is 11.9. The number of aromatic nitrogens is 1. The normalized spacial score (nSPS) is 11.5. The van der Waals surface area contributed by atoms with Gasteiger partial charge in [-0.05, 0) is 89.0 Å². The van der Waals surface area contributed by atoms with Crippen LogP contribution in [-0.4, -0.2) is 4.57 Å². The number of para-hydroxylation sites is 3. The highest BCUT2D eigenvalue weighted by molar-refractivity contribution is 7.26. The van der Waals surface area contributed by atoms with E-state index in [1.807, 2.05) is 11.3 Å². The maximum absolute atomic E-state index is 2.41. The zero-order chi connectivity index (χ0) is 33.7. The van der Waals surface area contributed by atoms with Crippen molar-refractivity contribution < 1.29 is 0 Å². The molecular formula is C48H32N2S. The van der Waals surface area contributed by atoms with Crippen molar-refractivity contribution in [2.75, 3.05) is 4.90 Å². The van der Waals surface area contributed by atoms with Crippen LogP contribution in [0.3, 0.4) is 0 Å². The minimum Gasteiger partial charge on any atom is -0.310 e. The van der Waals surface area contributed by atoms with Crippen LogP contribution in [0.2, 0.25) is 0 Å². The van der Waals surface area contributed by atoms with E-state index in [4.69, 9.17) is 0 Å². The first kappa shape index (κ1) is 29.5. The molecule has 51 heavy (non-hydrogen) atoms. The van der Waals surface area contributed by atoms with E-state index in [9.17, 15) is 0 Å². The molecule has 0 aliphatic rings. The number of rotatable bonds is 6. The molecule has 0 amide bonds. The predicted molar refractivity (Wildman–Crippen MR) is 219 cm³/mol. The first-order valence-electron chi connectivity index (χ1n) is 17.4. The third-order valence-electron chi connectivity index (χ3n) is 9.99. The van der Waals surface area contributed by atoms with Gasteiger partial charge in [0.15, 0.2) is 0 Å². The summed E-state index contributed by atoms with van der Waals surface area (Å²) in [5.74, 6) is 0. The Bertz CT molecular complexity index is 2830. The lowest BCUT2D eigenvalue weighted by atomic mass is 9.98. The van der Waals surface area contributed by atoms with Crippen LogP contribution in [0.1, 0.15) is 0 Å². The maximum Gasteiger partial charge on any atom is 0.0555 e. The molecule has 0 radical (unpaired) electrons. The Balaban J connectivity index is 1.19. The van der Waals surface area contributed by atoms with Gasteiger partial charge in [0.05, 0.1) is 16.7 Å². The van der Waals surface area contributed by atoms with Crippen molar-refractivity contribution in [3.63, 3.8) is 0 Å². The van der Waals surface area contributed by atoms with Gasteiger partial charge in [0, 0.05) is 48.0 Å². The molecule has 2 aromatic heterocycles. The van der Waals surface area contributed by atoms with E-state index in [1.54, 1.807) is 0 Å². The molecule has 2 heterocycles. The molecule has 0 aliphatic heterocycles. The smallest absolute Gasteiger partial charge is 0.0555 e. The van der Waals surface area contributed by atoms with Gasteiger partial charge in [-0.15, -0.1) is 11.3 Å². The first-order valence-corrected chi connectivity index (χ1v) is 18.2. The van der Waals surface area contributed by atoms with E-state index in [1.165, 1.54) is 75.6 Å². The fraction of sp³-hybridized carbons (Fsp3) is 0. The zero-order valence-corrected chi connectivity index (χ0v) is 28.6. The lowest BCUT2D eigenvalue weighted by Gasteiger charge is -2.27. The van der Waals surface area contributed by atoms with Crippen molar-refractivity contribution >= 4 is 70.4 Å². The second-order valence-corrected chi connectivity index (χ2v) is 14.0. The second kappa shape index (κ2) is 12.2. The molecule has 8 aromatic carbocycles. The lowest BCUT2D eigenvalue weighted by molar-refractivity contribution is 1.18. The summed E-state index contributed by atoms with van der Waals surface area (Å²) in [6.07, 6.45) is 0. The minimum atomic E-state index is 1.13. The number of hydrogen-bond donors (Lipinski definition) is 0. The van der Waals surface area contributed by atoms with Crippen molar-refractivity contribution in [3.8, 4) is 27.9 Å². The van der Waals surface area contributed by atoms with Crippen LogP contribution >= 0.6 is 11.3 Å². The molecule has 0 atom stereocenters. The number of fused-ring (bicyclic) bond motifs is 6. The highest BCUT2D eigenvalue weighted by Crippen LogP contribution is 2.49. The van der Waals surface area contributed by atoms with Gasteiger partial charge >= 0.3 is 0 Å². The molecule has 0 spiro atoms. The van der Waals surface area contributed by atoms with Gasteiger partial charge in [-0.25, -0.2) is 0 Å². The summed E-state index contributed by atoms with van der Waals surface area (Å²) >= 11 is 1.88. The van der Waals surface area contributed by atoms with E-state index >= 15 is 0 Å². The molecule has 0 N–H and O–H groups in total. The van der Waals surface area contributed by atoms with Crippen LogP contribution in [0, 0.1) is 0 Å². The Kier molecular flexibility index (Phi) is 7.04. The first-order chi connectivity index (χ1) is 25.3. The predicted octanol–water partition coefficient (Wildman–Crippen LogP) is 14.0. The van der Waals surface area contributed by atoms with Crippen LogP contribution in [0.25, 0.3) is 69.9 Å². The number of hydrogen-bond acceptors (Lipinski definition) is 2. The molecular weight excluding hydrogens is 637 g/mol. The molecule has 0 bridgehead atoms. The van der Waals surface area contributed by atoms with Crippen molar-refractivity contribution in [3.05, 3.63) is 194 Å². The van der Waals surface area contributed by atoms with Crippen LogP contribution in [-0.2, 0) is 0 Å². The van der Waals surface area contributed by atoms with Gasteiger partial charge in [0.2, 0.25) is 0 Å². The Hall–Kier alpha value is -6.42. The Morgan fingerprint density at radius 1 is 0.412 bits per heavy atom. The summed E-state index contributed by atoms with van der Waals surface area (Å²) < 4.78 is 4.96. The van der Waals surface area contributed by atoms with Gasteiger partial charge in [0.25, 0.3) is 0 Å². The van der Waals surface area contributed by atoms with E-state index in [2.05, 4.69) is 204 Å². The Morgan fingerprint density at radius 3 is 1.78 bits per heavy atom. The molecule has 3 heteroatoms. The summed E-state index contributed by atoms with van der Waals surface area (Å²) in [6, 6.07) is 70.2. The van der Waals surface area contributed by atoms with Gasteiger partial charge in [-0.2, -0.15) is 0 Å². The SMILES string of the molecule is c1ccc(-c2ccc(N(c3ccccc3)c3ccc(-c4ccc5c(c4)c4ccccc4n5-c4ccccc4)c4sc5ccccc5c34)cc2)cc1. The van der Waals surface area contributed by atoms with Crippen molar-refractivity contribution in [1.29, 1.82) is 0 Å². The van der Waals surface area contributed by atoms with Crippen molar-refractivity contribution in [2.45, 2.75) is 0 Å². The van der Waals surface area contributed by atoms with Gasteiger partial charge in [-0.3, -0.25) is 0 Å². The van der Waals surface area contributed by atoms with E-state index in [-0.39, 0.29) is 0 Å². The Labute approximate surface area is 300 Å². The van der Waals surface area contributed by atoms with E-state index < -0.39 is 0 Å². The van der Waals surface area contributed by atoms with Gasteiger partial charge in [0.1, 0.15) is 0 Å². The Morgan fingerprint density at radius 2 is 1.00 bits per heavy atom. The number of anilines is 3. The van der Waals surface area contributed by atoms with E-state index in [0.29, 0.717) is 0 Å². The van der Waals surface area contributed by atoms with Crippen molar-refractivity contribution in [1.82, 2.24) is 4.57 Å². The molecule has 0 unspecified atom stereocenters. The van der Waals surface area contributed by atoms with Crippen molar-refractivity contribution in [2.24, 2.45) is 0 Å². The molecule has 0 saturated heterocycles. The van der Waals surface area contributed by atoms with E-state index in [0.717, 1.165) is 11.4 Å². The molecule has 240 valence electrons. The van der Waals surface area contributed by atoms with Crippen LogP contribution < -0.4 is 4.90 Å². The quantitative estimate of drug-likeness (QED) is 0.171. The third-order valence-corrected chi connectivity index (χ3v) is 11.2. The summed E-state index contributed by atoms with van der Waals surface area (Å²) in [5, 5.41) is 5.07. The molecule has 2 nitrogen and oxygen atoms in total. The van der Waals surface area contributed by atoms with Gasteiger partial charge in [-0.1, -0.05) is 127 Å². The number of nitrogens with zero attached hydrogens (tertiary/aromatic N) is 2. The topological polar surface area (TPSA) is 8.17 Å². The molecule has 10 rings (SSSR count). The zero-order valence-electron chi connectivity index (χ0n) is 27.8. The molecule has 10 aromatic rings. The average molecular weight is 669 g/mol. The highest BCUT2D eigenvalue weighted by atomic mass is 32.1. The second-order valence-electron chi connectivity index (χ2n) is 12.9. The summed E-state index contributed by atoms with van der Waals surface area (Å²) in [6.45, 7) is 0. The number of thiophene rings is 1. The molecule has 0 fully saturated rings. The largest absolute Gasteiger partial charge is 0.310 e. The number of benzene rings is 8. The minimum absolute atomic E-state index is 1.13. The average Bonchev–Trinajstić information content (AvgIpc) is 3.76. The van der Waals surface area contributed by atoms with Crippen LogP contribution in [0.4, 0.5) is 17.1 Å². The summed E-state index contributed by atoms with van der Waals surface area (Å²) in [4.78, 5) is 2.41. The molecule has 0 saturated carbocycles. The summed E-state index contributed by atoms with van der Waals surface area (Å²) in [7, 11) is 0. The lowest BCUT2D eigenvalue weighted by Crippen LogP contribution is -2.10. The monoisotopic (exact) mass is 668 g/mol. The van der Waals surface area contributed by atoms with Crippen LogP contribution in [0.5, 0.6) is 0 Å². The molecule has 0 aliphatic carbocycles. The van der Waals surface area contributed by atoms with Crippen LogP contribution in [0.15, 0.2) is 194 Å². The highest BCUT2D eigenvalue weighted by Gasteiger charge is 2.22. The maximum atomic E-state index is 2.41. The fourth-order valence-electron chi connectivity index (χ4n) is 7.66.